The summed E-state index contributed by atoms with van der Waals surface area (Å²) in [4.78, 5) is 16.0. The second-order valence-corrected chi connectivity index (χ2v) is 7.99. The molecule has 1 N–H and O–H groups in total. The van der Waals surface area contributed by atoms with Crippen molar-refractivity contribution in [3.8, 4) is 5.75 Å². The average molecular weight is 382 g/mol. The number of phenols is 1. The summed E-state index contributed by atoms with van der Waals surface area (Å²) in [5, 5.41) is 9.46. The van der Waals surface area contributed by atoms with Gasteiger partial charge in [0.05, 0.1) is 0 Å². The number of likely N-dealkylation sites (tertiary alicyclic amines) is 1. The Hall–Kier alpha value is -2.56. The van der Waals surface area contributed by atoms with Crippen LogP contribution >= 0.6 is 0 Å². The van der Waals surface area contributed by atoms with Crippen LogP contribution in [0.2, 0.25) is 0 Å². The van der Waals surface area contributed by atoms with Gasteiger partial charge in [0.2, 0.25) is 5.91 Å². The van der Waals surface area contributed by atoms with E-state index in [1.54, 1.807) is 12.1 Å². The molecule has 2 heterocycles. The molecule has 0 aromatic heterocycles. The van der Waals surface area contributed by atoms with E-state index in [2.05, 4.69) is 30.0 Å². The molecule has 148 valence electrons. The molecule has 2 fully saturated rings. The third-order valence-corrected chi connectivity index (χ3v) is 6.02. The van der Waals surface area contributed by atoms with Crippen LogP contribution in [0.3, 0.4) is 0 Å². The highest BCUT2D eigenvalue weighted by Crippen LogP contribution is 2.34. The molecule has 2 aliphatic heterocycles. The van der Waals surface area contributed by atoms with Gasteiger partial charge >= 0.3 is 0 Å². The predicted octanol–water partition coefficient (Wildman–Crippen LogP) is 4.16. The summed E-state index contributed by atoms with van der Waals surface area (Å²) >= 11 is 0. The maximum Gasteiger partial charge on any atom is 0.222 e. The van der Waals surface area contributed by atoms with Gasteiger partial charge in [-0.1, -0.05) is 24.3 Å². The number of nitrogens with zero attached hydrogens (tertiary/aromatic N) is 2. The molecule has 2 saturated heterocycles. The van der Waals surface area contributed by atoms with Crippen LogP contribution < -0.4 is 4.90 Å². The fourth-order valence-corrected chi connectivity index (χ4v) is 4.41. The SMILES string of the molecule is Cc1ccc(CN2CCCC2=O)cc1N1CC[C@@H](c2ccc(O)cc2)[C@H](F)C1. The van der Waals surface area contributed by atoms with Gasteiger partial charge in [0, 0.05) is 44.2 Å². The average Bonchev–Trinajstić information content (AvgIpc) is 3.09. The molecule has 2 aliphatic rings. The molecule has 2 atom stereocenters. The molecule has 2 aromatic carbocycles. The maximum atomic E-state index is 15.0. The molecule has 1 amide bonds. The summed E-state index contributed by atoms with van der Waals surface area (Å²) < 4.78 is 15.0. The highest BCUT2D eigenvalue weighted by atomic mass is 19.1. The number of anilines is 1. The number of aryl methyl sites for hydroxylation is 1. The van der Waals surface area contributed by atoms with Gasteiger partial charge in [-0.15, -0.1) is 0 Å². The Balaban J connectivity index is 1.48. The van der Waals surface area contributed by atoms with E-state index in [1.807, 2.05) is 17.0 Å². The molecule has 4 rings (SSSR count). The maximum absolute atomic E-state index is 15.0. The number of aromatic hydroxyl groups is 1. The Kier molecular flexibility index (Phi) is 5.25. The molecule has 28 heavy (non-hydrogen) atoms. The van der Waals surface area contributed by atoms with E-state index in [4.69, 9.17) is 0 Å². The van der Waals surface area contributed by atoms with Crippen LogP contribution in [0.5, 0.6) is 5.75 Å². The zero-order valence-electron chi connectivity index (χ0n) is 16.3. The standard InChI is InChI=1S/C23H27FN2O2/c1-16-4-5-17(14-26-11-2-3-23(26)28)13-22(16)25-12-10-20(21(24)15-25)18-6-8-19(27)9-7-18/h4-9,13,20-21,27H,2-3,10-12,14-15H2,1H3/t20-,21+/m0/s1. The van der Waals surface area contributed by atoms with Crippen molar-refractivity contribution in [2.45, 2.75) is 44.8 Å². The lowest BCUT2D eigenvalue weighted by Crippen LogP contribution is -2.41. The van der Waals surface area contributed by atoms with Gasteiger partial charge in [-0.05, 0) is 54.7 Å². The topological polar surface area (TPSA) is 43.8 Å². The third kappa shape index (κ3) is 3.84. The minimum absolute atomic E-state index is 0.137. The second-order valence-electron chi connectivity index (χ2n) is 7.99. The number of hydrogen-bond donors (Lipinski definition) is 1. The zero-order valence-corrected chi connectivity index (χ0v) is 16.3. The van der Waals surface area contributed by atoms with Crippen molar-refractivity contribution in [3.63, 3.8) is 0 Å². The van der Waals surface area contributed by atoms with E-state index < -0.39 is 6.17 Å². The zero-order chi connectivity index (χ0) is 19.7. The largest absolute Gasteiger partial charge is 0.508 e. The van der Waals surface area contributed by atoms with Crippen molar-refractivity contribution in [3.05, 3.63) is 59.2 Å². The first kappa shape index (κ1) is 18.8. The number of carbonyl (C=O) groups is 1. The third-order valence-electron chi connectivity index (χ3n) is 6.02. The second kappa shape index (κ2) is 7.82. The van der Waals surface area contributed by atoms with Gasteiger partial charge in [0.15, 0.2) is 0 Å². The predicted molar refractivity (Wildman–Crippen MR) is 108 cm³/mol. The molecule has 0 unspecified atom stereocenters. The summed E-state index contributed by atoms with van der Waals surface area (Å²) in [5.74, 6) is 0.295. The van der Waals surface area contributed by atoms with E-state index in [0.29, 0.717) is 19.5 Å². The van der Waals surface area contributed by atoms with E-state index in [9.17, 15) is 9.90 Å². The monoisotopic (exact) mass is 382 g/mol. The van der Waals surface area contributed by atoms with Crippen LogP contribution in [-0.4, -0.2) is 41.7 Å². The fraction of sp³-hybridized carbons (Fsp3) is 0.435. The minimum Gasteiger partial charge on any atom is -0.508 e. The van der Waals surface area contributed by atoms with Crippen LogP contribution in [0.1, 0.15) is 41.9 Å². The number of carbonyl (C=O) groups excluding carboxylic acids is 1. The molecule has 4 nitrogen and oxygen atoms in total. The minimum atomic E-state index is -0.957. The number of phenolic OH excluding ortho intramolecular Hbond substituents is 1. The van der Waals surface area contributed by atoms with E-state index in [-0.39, 0.29) is 17.6 Å². The van der Waals surface area contributed by atoms with Crippen LogP contribution in [0, 0.1) is 6.92 Å². The Labute approximate surface area is 165 Å². The van der Waals surface area contributed by atoms with Crippen molar-refractivity contribution in [2.24, 2.45) is 0 Å². The van der Waals surface area contributed by atoms with Crippen molar-refractivity contribution >= 4 is 11.6 Å². The molecule has 0 bridgehead atoms. The first-order chi connectivity index (χ1) is 13.5. The van der Waals surface area contributed by atoms with Gasteiger partial charge < -0.3 is 14.9 Å². The van der Waals surface area contributed by atoms with Gasteiger partial charge in [0.1, 0.15) is 11.9 Å². The number of rotatable bonds is 4. The highest BCUT2D eigenvalue weighted by Gasteiger charge is 2.31. The quantitative estimate of drug-likeness (QED) is 0.864. The van der Waals surface area contributed by atoms with Gasteiger partial charge in [-0.25, -0.2) is 4.39 Å². The fourth-order valence-electron chi connectivity index (χ4n) is 4.41. The number of hydrogen-bond acceptors (Lipinski definition) is 3. The van der Waals surface area contributed by atoms with Crippen LogP contribution in [0.4, 0.5) is 10.1 Å². The Bertz CT molecular complexity index is 852. The van der Waals surface area contributed by atoms with Crippen LogP contribution in [0.25, 0.3) is 0 Å². The summed E-state index contributed by atoms with van der Waals surface area (Å²) in [7, 11) is 0. The molecule has 2 aromatic rings. The number of benzene rings is 2. The lowest BCUT2D eigenvalue weighted by molar-refractivity contribution is -0.128. The lowest BCUT2D eigenvalue weighted by atomic mass is 9.87. The lowest BCUT2D eigenvalue weighted by Gasteiger charge is -2.37. The summed E-state index contributed by atoms with van der Waals surface area (Å²) in [6.07, 6.45) is 1.36. The molecule has 5 heteroatoms. The van der Waals surface area contributed by atoms with Gasteiger partial charge in [0.25, 0.3) is 0 Å². The Morgan fingerprint density at radius 3 is 2.61 bits per heavy atom. The van der Waals surface area contributed by atoms with E-state index in [0.717, 1.165) is 48.3 Å². The van der Waals surface area contributed by atoms with Crippen molar-refractivity contribution in [2.75, 3.05) is 24.5 Å². The Morgan fingerprint density at radius 1 is 1.14 bits per heavy atom. The van der Waals surface area contributed by atoms with E-state index >= 15 is 4.39 Å². The van der Waals surface area contributed by atoms with Crippen molar-refractivity contribution < 1.29 is 14.3 Å². The molecular weight excluding hydrogens is 355 g/mol. The summed E-state index contributed by atoms with van der Waals surface area (Å²) in [6, 6.07) is 13.2. The van der Waals surface area contributed by atoms with Gasteiger partial charge in [-0.3, -0.25) is 4.79 Å². The van der Waals surface area contributed by atoms with Gasteiger partial charge in [-0.2, -0.15) is 0 Å². The number of amides is 1. The number of piperidine rings is 1. The van der Waals surface area contributed by atoms with Crippen LogP contribution in [0.15, 0.2) is 42.5 Å². The first-order valence-electron chi connectivity index (χ1n) is 10.1. The molecule has 0 spiro atoms. The Morgan fingerprint density at radius 2 is 1.93 bits per heavy atom. The molecule has 0 saturated carbocycles. The smallest absolute Gasteiger partial charge is 0.222 e. The highest BCUT2D eigenvalue weighted by molar-refractivity contribution is 5.78. The number of alkyl halides is 1. The molecule has 0 radical (unpaired) electrons. The molecule has 0 aliphatic carbocycles. The van der Waals surface area contributed by atoms with Crippen molar-refractivity contribution in [1.82, 2.24) is 4.90 Å². The van der Waals surface area contributed by atoms with Crippen molar-refractivity contribution in [1.29, 1.82) is 0 Å². The normalized spacial score (nSPS) is 22.7. The molecular formula is C23H27FN2O2. The van der Waals surface area contributed by atoms with Crippen LogP contribution in [-0.2, 0) is 11.3 Å². The van der Waals surface area contributed by atoms with E-state index in [1.165, 1.54) is 0 Å². The summed E-state index contributed by atoms with van der Waals surface area (Å²) in [6.45, 7) is 4.67. The first-order valence-corrected chi connectivity index (χ1v) is 10.1. The summed E-state index contributed by atoms with van der Waals surface area (Å²) in [5.41, 5.74) is 4.25. The number of halogens is 1.